The largest absolute Gasteiger partial charge is 0.548 e. The molecule has 0 fully saturated rings. The molecule has 1 N–H and O–H groups in total. The Balaban J connectivity index is 1.76. The second kappa shape index (κ2) is 9.97. The maximum absolute atomic E-state index is 12.9. The van der Waals surface area contributed by atoms with Crippen LogP contribution >= 0.6 is 23.1 Å². The van der Waals surface area contributed by atoms with Crippen LogP contribution in [0.5, 0.6) is 5.75 Å². The van der Waals surface area contributed by atoms with Gasteiger partial charge in [0.25, 0.3) is 5.91 Å². The van der Waals surface area contributed by atoms with E-state index in [4.69, 9.17) is 9.15 Å². The molecule has 31 heavy (non-hydrogen) atoms. The highest BCUT2D eigenvalue weighted by atomic mass is 32.2. The Hall–Kier alpha value is -2.85. The number of hydrogen-bond donors (Lipinski definition) is 1. The number of aliphatic carboxylic acids is 1. The Labute approximate surface area is 186 Å². The van der Waals surface area contributed by atoms with Gasteiger partial charge in [-0.3, -0.25) is 9.59 Å². The predicted octanol–water partition coefficient (Wildman–Crippen LogP) is 1.90. The number of carboxylic acids is 1. The predicted molar refractivity (Wildman–Crippen MR) is 118 cm³/mol. The topological polar surface area (TPSA) is 122 Å². The highest BCUT2D eigenvalue weighted by Gasteiger charge is 2.16. The number of carboxylic acid groups (broad SMARTS) is 1. The minimum atomic E-state index is -1.34. The van der Waals surface area contributed by atoms with Crippen molar-refractivity contribution in [3.05, 3.63) is 45.3 Å². The zero-order chi connectivity index (χ0) is 22.5. The molecule has 164 valence electrons. The van der Waals surface area contributed by atoms with E-state index in [1.54, 1.807) is 13.0 Å². The average molecular weight is 462 g/mol. The van der Waals surface area contributed by atoms with Crippen molar-refractivity contribution in [1.82, 2.24) is 10.3 Å². The average Bonchev–Trinajstić information content (AvgIpc) is 3.15. The Morgan fingerprint density at radius 1 is 1.35 bits per heavy atom. The van der Waals surface area contributed by atoms with E-state index >= 15 is 0 Å². The number of hydrogen-bond acceptors (Lipinski definition) is 9. The van der Waals surface area contributed by atoms with Crippen LogP contribution in [0.15, 0.2) is 33.0 Å². The minimum Gasteiger partial charge on any atom is -0.548 e. The number of ether oxygens (including phenoxy) is 1. The van der Waals surface area contributed by atoms with E-state index in [0.717, 1.165) is 5.69 Å². The number of nitrogens with one attached hydrogen (secondary N) is 1. The van der Waals surface area contributed by atoms with Gasteiger partial charge >= 0.3 is 0 Å². The van der Waals surface area contributed by atoms with Crippen molar-refractivity contribution in [2.24, 2.45) is 0 Å². The van der Waals surface area contributed by atoms with E-state index in [1.165, 1.54) is 35.4 Å². The van der Waals surface area contributed by atoms with Crippen LogP contribution in [-0.4, -0.2) is 41.5 Å². The summed E-state index contributed by atoms with van der Waals surface area (Å²) in [5, 5.41) is 16.4. The van der Waals surface area contributed by atoms with Crippen LogP contribution in [0.2, 0.25) is 0 Å². The van der Waals surface area contributed by atoms with E-state index in [-0.39, 0.29) is 18.5 Å². The molecule has 0 aliphatic heterocycles. The Morgan fingerprint density at radius 3 is 2.77 bits per heavy atom. The maximum Gasteiger partial charge on any atom is 0.258 e. The fourth-order valence-corrected chi connectivity index (χ4v) is 4.27. The first-order chi connectivity index (χ1) is 14.8. The van der Waals surface area contributed by atoms with Gasteiger partial charge in [-0.25, -0.2) is 4.98 Å². The van der Waals surface area contributed by atoms with E-state index in [1.807, 2.05) is 18.6 Å². The number of fused-ring (bicyclic) bond motifs is 1. The number of benzene rings is 1. The quantitative estimate of drug-likeness (QED) is 0.513. The van der Waals surface area contributed by atoms with E-state index in [2.05, 4.69) is 10.3 Å². The van der Waals surface area contributed by atoms with E-state index in [9.17, 15) is 19.5 Å². The lowest BCUT2D eigenvalue weighted by molar-refractivity contribution is -0.308. The van der Waals surface area contributed by atoms with Crippen molar-refractivity contribution in [3.8, 4) is 16.3 Å². The molecule has 8 nitrogen and oxygen atoms in total. The SMILES string of the molecule is CSCCC(NC(=O)COc1cc(C)c2c(=O)c(-c3nc(C)cs3)coc2c1)C(=O)[O-]. The summed E-state index contributed by atoms with van der Waals surface area (Å²) in [6.45, 7) is 3.22. The highest BCUT2D eigenvalue weighted by Crippen LogP contribution is 2.27. The lowest BCUT2D eigenvalue weighted by Crippen LogP contribution is -2.49. The van der Waals surface area contributed by atoms with Crippen LogP contribution in [0.1, 0.15) is 17.7 Å². The first kappa shape index (κ1) is 22.8. The molecule has 10 heteroatoms. The van der Waals surface area contributed by atoms with E-state index < -0.39 is 17.9 Å². The summed E-state index contributed by atoms with van der Waals surface area (Å²) in [5.74, 6) is -1.01. The van der Waals surface area contributed by atoms with Gasteiger partial charge < -0.3 is 24.4 Å². The van der Waals surface area contributed by atoms with Crippen LogP contribution in [0.3, 0.4) is 0 Å². The number of rotatable bonds is 9. The molecule has 1 aromatic carbocycles. The summed E-state index contributed by atoms with van der Waals surface area (Å²) < 4.78 is 11.2. The molecule has 2 heterocycles. The molecule has 1 unspecified atom stereocenters. The molecular formula is C21H21N2O6S2-. The van der Waals surface area contributed by atoms with Crippen LogP contribution in [0.25, 0.3) is 21.5 Å². The third-order valence-electron chi connectivity index (χ3n) is 4.50. The molecule has 3 rings (SSSR count). The van der Waals surface area contributed by atoms with Gasteiger partial charge in [0.1, 0.15) is 22.6 Å². The van der Waals surface area contributed by atoms with Gasteiger partial charge in [-0.15, -0.1) is 11.3 Å². The minimum absolute atomic E-state index is 0.192. The van der Waals surface area contributed by atoms with Crippen molar-refractivity contribution in [3.63, 3.8) is 0 Å². The molecule has 1 amide bonds. The summed E-state index contributed by atoms with van der Waals surface area (Å²) >= 11 is 2.85. The summed E-state index contributed by atoms with van der Waals surface area (Å²) in [5.41, 5.74) is 1.98. The van der Waals surface area contributed by atoms with Gasteiger partial charge in [-0.05, 0) is 43.9 Å². The zero-order valence-electron chi connectivity index (χ0n) is 17.2. The summed E-state index contributed by atoms with van der Waals surface area (Å²) in [4.78, 5) is 40.5. The fraction of sp³-hybridized carbons (Fsp3) is 0.333. The number of carbonyl (C=O) groups is 2. The van der Waals surface area contributed by atoms with Crippen molar-refractivity contribution in [1.29, 1.82) is 0 Å². The van der Waals surface area contributed by atoms with E-state index in [0.29, 0.717) is 38.6 Å². The highest BCUT2D eigenvalue weighted by molar-refractivity contribution is 7.98. The molecule has 0 aliphatic carbocycles. The maximum atomic E-state index is 12.9. The number of amides is 1. The number of thiazole rings is 1. The van der Waals surface area contributed by atoms with Crippen molar-refractivity contribution in [2.45, 2.75) is 26.3 Å². The van der Waals surface area contributed by atoms with Gasteiger partial charge in [0, 0.05) is 17.1 Å². The smallest absolute Gasteiger partial charge is 0.258 e. The lowest BCUT2D eigenvalue weighted by Gasteiger charge is -2.19. The summed E-state index contributed by atoms with van der Waals surface area (Å²) in [7, 11) is 0. The third kappa shape index (κ3) is 5.45. The number of aryl methyl sites for hydroxylation is 2. The summed E-state index contributed by atoms with van der Waals surface area (Å²) in [6, 6.07) is 2.08. The molecule has 0 radical (unpaired) electrons. The van der Waals surface area contributed by atoms with Gasteiger partial charge in [0.15, 0.2) is 6.61 Å². The standard InChI is InChI=1S/C21H22N2O6S2/c1-11-6-13(28-9-17(24)23-15(21(26)27)4-5-30-3)7-16-18(11)19(25)14(8-29-16)20-22-12(2)10-31-20/h6-8,10,15H,4-5,9H2,1-3H3,(H,23,24)(H,26,27)/p-1. The summed E-state index contributed by atoms with van der Waals surface area (Å²) in [6.07, 6.45) is 3.48. The Morgan fingerprint density at radius 2 is 2.13 bits per heavy atom. The first-order valence-corrected chi connectivity index (χ1v) is 11.7. The third-order valence-corrected chi connectivity index (χ3v) is 6.14. The molecule has 0 aliphatic rings. The first-order valence-electron chi connectivity index (χ1n) is 9.40. The molecule has 0 saturated carbocycles. The number of nitrogens with zero attached hydrogens (tertiary/aromatic N) is 1. The van der Waals surface area contributed by atoms with Crippen LogP contribution in [-0.2, 0) is 9.59 Å². The fourth-order valence-electron chi connectivity index (χ4n) is 3.00. The Kier molecular flexibility index (Phi) is 7.34. The molecule has 0 saturated heterocycles. The number of aromatic nitrogens is 1. The molecular weight excluding hydrogens is 440 g/mol. The van der Waals surface area contributed by atoms with Gasteiger partial charge in [-0.2, -0.15) is 11.8 Å². The normalized spacial score (nSPS) is 12.0. The second-order valence-corrected chi connectivity index (χ2v) is 8.74. The monoisotopic (exact) mass is 461 g/mol. The molecule has 2 aromatic heterocycles. The zero-order valence-corrected chi connectivity index (χ0v) is 18.9. The second-order valence-electron chi connectivity index (χ2n) is 6.90. The molecule has 3 aromatic rings. The van der Waals surface area contributed by atoms with Crippen molar-refractivity contribution < 1.29 is 23.8 Å². The van der Waals surface area contributed by atoms with Crippen LogP contribution in [0, 0.1) is 13.8 Å². The van der Waals surface area contributed by atoms with Gasteiger partial charge in [0.2, 0.25) is 5.43 Å². The van der Waals surface area contributed by atoms with Crippen LogP contribution in [0.4, 0.5) is 0 Å². The lowest BCUT2D eigenvalue weighted by atomic mass is 10.1. The number of thioether (sulfide) groups is 1. The molecule has 0 bridgehead atoms. The number of carbonyl (C=O) groups excluding carboxylic acids is 2. The molecule has 1 atom stereocenters. The van der Waals surface area contributed by atoms with Gasteiger partial charge in [0.05, 0.1) is 23.0 Å². The van der Waals surface area contributed by atoms with Crippen molar-refractivity contribution >= 4 is 45.9 Å². The van der Waals surface area contributed by atoms with Crippen molar-refractivity contribution in [2.75, 3.05) is 18.6 Å². The Bertz CT molecular complexity index is 1170. The van der Waals surface area contributed by atoms with Crippen LogP contribution < -0.4 is 20.6 Å². The van der Waals surface area contributed by atoms with Gasteiger partial charge in [-0.1, -0.05) is 0 Å². The molecule has 0 spiro atoms.